The number of carbonyl (C=O) groups is 1. The predicted octanol–water partition coefficient (Wildman–Crippen LogP) is 3.32. The molecule has 0 aliphatic carbocycles. The third kappa shape index (κ3) is 3.57. The molecule has 0 radical (unpaired) electrons. The Bertz CT molecular complexity index is 608. The van der Waals surface area contributed by atoms with Crippen molar-refractivity contribution in [3.63, 3.8) is 0 Å². The van der Waals surface area contributed by atoms with Crippen molar-refractivity contribution in [1.29, 1.82) is 0 Å². The van der Waals surface area contributed by atoms with E-state index in [0.29, 0.717) is 11.4 Å². The predicted molar refractivity (Wildman–Crippen MR) is 76.5 cm³/mol. The molecule has 0 heterocycles. The van der Waals surface area contributed by atoms with E-state index in [4.69, 9.17) is 4.74 Å². The smallest absolute Gasteiger partial charge is 0.228 e. The molecule has 0 aliphatic heterocycles. The van der Waals surface area contributed by atoms with Crippen LogP contribution in [-0.2, 0) is 11.2 Å². The Balaban J connectivity index is 2.06. The second kappa shape index (κ2) is 6.19. The van der Waals surface area contributed by atoms with Gasteiger partial charge < -0.3 is 10.1 Å². The number of aryl methyl sites for hydroxylation is 1. The molecule has 2 rings (SSSR count). The number of ether oxygens (including phenoxy) is 1. The first kappa shape index (κ1) is 14.1. The summed E-state index contributed by atoms with van der Waals surface area (Å²) >= 11 is 0. The van der Waals surface area contributed by atoms with E-state index >= 15 is 0 Å². The highest BCUT2D eigenvalue weighted by molar-refractivity contribution is 5.93. The van der Waals surface area contributed by atoms with Gasteiger partial charge in [-0.1, -0.05) is 29.8 Å². The van der Waals surface area contributed by atoms with Crippen LogP contribution in [0.5, 0.6) is 5.75 Å². The van der Waals surface area contributed by atoms with Gasteiger partial charge in [0.05, 0.1) is 19.2 Å². The number of amides is 1. The summed E-state index contributed by atoms with van der Waals surface area (Å²) in [7, 11) is 1.43. The van der Waals surface area contributed by atoms with E-state index in [1.54, 1.807) is 0 Å². The van der Waals surface area contributed by atoms with Crippen molar-refractivity contribution in [2.45, 2.75) is 13.3 Å². The summed E-state index contributed by atoms with van der Waals surface area (Å²) in [5.41, 5.74) is 2.54. The number of halogens is 1. The molecule has 1 amide bonds. The van der Waals surface area contributed by atoms with E-state index in [2.05, 4.69) is 5.32 Å². The first-order valence-electron chi connectivity index (χ1n) is 6.27. The van der Waals surface area contributed by atoms with Crippen LogP contribution in [0.1, 0.15) is 11.1 Å². The van der Waals surface area contributed by atoms with Crippen LogP contribution in [0.15, 0.2) is 42.5 Å². The summed E-state index contributed by atoms with van der Waals surface area (Å²) in [4.78, 5) is 12.0. The molecule has 0 aliphatic rings. The molecule has 20 heavy (non-hydrogen) atoms. The van der Waals surface area contributed by atoms with Crippen LogP contribution in [0.2, 0.25) is 0 Å². The molecule has 2 aromatic carbocycles. The minimum Gasteiger partial charge on any atom is -0.494 e. The first-order valence-corrected chi connectivity index (χ1v) is 6.27. The van der Waals surface area contributed by atoms with Gasteiger partial charge >= 0.3 is 0 Å². The average molecular weight is 273 g/mol. The molecule has 3 nitrogen and oxygen atoms in total. The Morgan fingerprint density at radius 2 is 1.90 bits per heavy atom. The zero-order chi connectivity index (χ0) is 14.5. The maximum atomic E-state index is 13.1. The highest BCUT2D eigenvalue weighted by Gasteiger charge is 2.09. The molecule has 0 saturated heterocycles. The van der Waals surface area contributed by atoms with Gasteiger partial charge in [-0.15, -0.1) is 0 Å². The summed E-state index contributed by atoms with van der Waals surface area (Å²) < 4.78 is 18.1. The summed E-state index contributed by atoms with van der Waals surface area (Å²) in [5, 5.41) is 2.72. The molecule has 0 saturated carbocycles. The maximum absolute atomic E-state index is 13.1. The fraction of sp³-hybridized carbons (Fsp3) is 0.188. The van der Waals surface area contributed by atoms with E-state index < -0.39 is 5.82 Å². The zero-order valence-corrected chi connectivity index (χ0v) is 11.4. The van der Waals surface area contributed by atoms with Crippen molar-refractivity contribution in [3.8, 4) is 5.75 Å². The first-order chi connectivity index (χ1) is 9.58. The number of benzene rings is 2. The molecule has 0 atom stereocenters. The molecule has 1 N–H and O–H groups in total. The zero-order valence-electron chi connectivity index (χ0n) is 11.4. The van der Waals surface area contributed by atoms with Crippen molar-refractivity contribution < 1.29 is 13.9 Å². The number of hydrogen-bond donors (Lipinski definition) is 1. The molecule has 104 valence electrons. The van der Waals surface area contributed by atoms with Crippen LogP contribution in [0, 0.1) is 12.7 Å². The Morgan fingerprint density at radius 1 is 1.20 bits per heavy atom. The average Bonchev–Trinajstić information content (AvgIpc) is 2.43. The van der Waals surface area contributed by atoms with Gasteiger partial charge in [-0.25, -0.2) is 4.39 Å². The Kier molecular flexibility index (Phi) is 4.35. The van der Waals surface area contributed by atoms with Crippen molar-refractivity contribution in [2.24, 2.45) is 0 Å². The molecule has 0 aromatic heterocycles. The lowest BCUT2D eigenvalue weighted by Gasteiger charge is -2.10. The normalized spacial score (nSPS) is 10.2. The standard InChI is InChI=1S/C16H16FNO2/c1-11-3-5-12(6-4-11)9-16(19)18-14-8-7-13(17)10-15(14)20-2/h3-8,10H,9H2,1-2H3,(H,18,19). The van der Waals surface area contributed by atoms with E-state index in [1.807, 2.05) is 31.2 Å². The van der Waals surface area contributed by atoms with Crippen molar-refractivity contribution >= 4 is 11.6 Å². The van der Waals surface area contributed by atoms with Crippen LogP contribution < -0.4 is 10.1 Å². The molecular weight excluding hydrogens is 257 g/mol. The Labute approximate surface area is 117 Å². The number of hydrogen-bond acceptors (Lipinski definition) is 2. The van der Waals surface area contributed by atoms with Crippen LogP contribution >= 0.6 is 0 Å². The van der Waals surface area contributed by atoms with E-state index in [9.17, 15) is 9.18 Å². The molecule has 0 unspecified atom stereocenters. The van der Waals surface area contributed by atoms with Crippen molar-refractivity contribution in [2.75, 3.05) is 12.4 Å². The van der Waals surface area contributed by atoms with Crippen LogP contribution in [0.3, 0.4) is 0 Å². The van der Waals surface area contributed by atoms with E-state index in [1.165, 1.54) is 25.3 Å². The Morgan fingerprint density at radius 3 is 2.55 bits per heavy atom. The SMILES string of the molecule is COc1cc(F)ccc1NC(=O)Cc1ccc(C)cc1. The third-order valence-electron chi connectivity index (χ3n) is 2.92. The number of carbonyl (C=O) groups excluding carboxylic acids is 1. The fourth-order valence-corrected chi connectivity index (χ4v) is 1.85. The quantitative estimate of drug-likeness (QED) is 0.928. The number of methoxy groups -OCH3 is 1. The summed E-state index contributed by atoms with van der Waals surface area (Å²) in [6, 6.07) is 11.8. The lowest BCUT2D eigenvalue weighted by atomic mass is 10.1. The number of nitrogens with one attached hydrogen (secondary N) is 1. The van der Waals surface area contributed by atoms with Gasteiger partial charge in [0.15, 0.2) is 0 Å². The van der Waals surface area contributed by atoms with Gasteiger partial charge in [0, 0.05) is 6.07 Å². The molecule has 0 bridgehead atoms. The fourth-order valence-electron chi connectivity index (χ4n) is 1.85. The van der Waals surface area contributed by atoms with Gasteiger partial charge in [0.1, 0.15) is 11.6 Å². The second-order valence-corrected chi connectivity index (χ2v) is 4.56. The molecular formula is C16H16FNO2. The van der Waals surface area contributed by atoms with Gasteiger partial charge in [0.2, 0.25) is 5.91 Å². The van der Waals surface area contributed by atoms with Gasteiger partial charge in [0.25, 0.3) is 0 Å². The second-order valence-electron chi connectivity index (χ2n) is 4.56. The summed E-state index contributed by atoms with van der Waals surface area (Å²) in [5.74, 6) is -0.264. The van der Waals surface area contributed by atoms with Crippen molar-refractivity contribution in [3.05, 3.63) is 59.4 Å². The largest absolute Gasteiger partial charge is 0.494 e. The lowest BCUT2D eigenvalue weighted by Crippen LogP contribution is -2.15. The van der Waals surface area contributed by atoms with Crippen LogP contribution in [0.4, 0.5) is 10.1 Å². The molecule has 0 spiro atoms. The van der Waals surface area contributed by atoms with Crippen LogP contribution in [-0.4, -0.2) is 13.0 Å². The molecule has 0 fully saturated rings. The minimum atomic E-state index is -0.404. The van der Waals surface area contributed by atoms with Gasteiger partial charge in [-0.05, 0) is 24.6 Å². The topological polar surface area (TPSA) is 38.3 Å². The molecule has 4 heteroatoms. The lowest BCUT2D eigenvalue weighted by molar-refractivity contribution is -0.115. The highest BCUT2D eigenvalue weighted by Crippen LogP contribution is 2.25. The van der Waals surface area contributed by atoms with Gasteiger partial charge in [-0.2, -0.15) is 0 Å². The van der Waals surface area contributed by atoms with Gasteiger partial charge in [-0.3, -0.25) is 4.79 Å². The highest BCUT2D eigenvalue weighted by atomic mass is 19.1. The number of anilines is 1. The molecule has 2 aromatic rings. The van der Waals surface area contributed by atoms with E-state index in [-0.39, 0.29) is 12.3 Å². The Hall–Kier alpha value is -2.36. The maximum Gasteiger partial charge on any atom is 0.228 e. The third-order valence-corrected chi connectivity index (χ3v) is 2.92. The minimum absolute atomic E-state index is 0.168. The van der Waals surface area contributed by atoms with Crippen molar-refractivity contribution in [1.82, 2.24) is 0 Å². The number of rotatable bonds is 4. The van der Waals surface area contributed by atoms with E-state index in [0.717, 1.165) is 11.1 Å². The monoisotopic (exact) mass is 273 g/mol. The summed E-state index contributed by atoms with van der Waals surface area (Å²) in [6.45, 7) is 1.99. The van der Waals surface area contributed by atoms with Crippen LogP contribution in [0.25, 0.3) is 0 Å². The summed E-state index contributed by atoms with van der Waals surface area (Å²) in [6.07, 6.45) is 0.265.